The number of benzene rings is 1. The van der Waals surface area contributed by atoms with E-state index in [1.807, 2.05) is 13.0 Å². The molecule has 2 rings (SSSR count). The van der Waals surface area contributed by atoms with E-state index in [0.29, 0.717) is 17.8 Å². The van der Waals surface area contributed by atoms with Gasteiger partial charge in [-0.3, -0.25) is 9.78 Å². The number of hydrogen-bond acceptors (Lipinski definition) is 4. The molecule has 2 aromatic rings. The van der Waals surface area contributed by atoms with Gasteiger partial charge >= 0.3 is 0 Å². The first kappa shape index (κ1) is 11.6. The summed E-state index contributed by atoms with van der Waals surface area (Å²) in [4.78, 5) is 16.9. The van der Waals surface area contributed by atoms with E-state index in [1.165, 1.54) is 11.3 Å². The average Bonchev–Trinajstić information content (AvgIpc) is 2.82. The van der Waals surface area contributed by atoms with Gasteiger partial charge in [0.1, 0.15) is 0 Å². The van der Waals surface area contributed by atoms with E-state index in [1.54, 1.807) is 23.8 Å². The molecule has 4 nitrogen and oxygen atoms in total. The van der Waals surface area contributed by atoms with Gasteiger partial charge in [-0.2, -0.15) is 0 Å². The molecule has 0 aliphatic carbocycles. The summed E-state index contributed by atoms with van der Waals surface area (Å²) < 4.78 is 0. The molecule has 0 unspecified atom stereocenters. The molecule has 0 radical (unpaired) electrons. The molecule has 0 aliphatic rings. The van der Waals surface area contributed by atoms with Gasteiger partial charge in [0.25, 0.3) is 5.91 Å². The number of carbonyl (C=O) groups is 1. The molecule has 17 heavy (non-hydrogen) atoms. The monoisotopic (exact) mass is 247 g/mol. The van der Waals surface area contributed by atoms with E-state index in [2.05, 4.69) is 10.3 Å². The Kier molecular flexibility index (Phi) is 3.39. The number of amides is 1. The second-order valence-corrected chi connectivity index (χ2v) is 4.70. The maximum Gasteiger partial charge on any atom is 0.251 e. The van der Waals surface area contributed by atoms with E-state index >= 15 is 0 Å². The summed E-state index contributed by atoms with van der Waals surface area (Å²) in [7, 11) is 0. The summed E-state index contributed by atoms with van der Waals surface area (Å²) in [5.41, 5.74) is 9.54. The van der Waals surface area contributed by atoms with Crippen LogP contribution in [0, 0.1) is 6.92 Å². The highest BCUT2D eigenvalue weighted by atomic mass is 32.1. The third-order valence-electron chi connectivity index (χ3n) is 2.41. The number of thiazole rings is 1. The third kappa shape index (κ3) is 2.82. The summed E-state index contributed by atoms with van der Waals surface area (Å²) in [5.74, 6) is -0.108. The average molecular weight is 247 g/mol. The number of anilines is 1. The zero-order chi connectivity index (χ0) is 12.3. The van der Waals surface area contributed by atoms with Crippen molar-refractivity contribution in [2.45, 2.75) is 13.5 Å². The van der Waals surface area contributed by atoms with Crippen LogP contribution in [0.2, 0.25) is 0 Å². The van der Waals surface area contributed by atoms with Crippen molar-refractivity contribution in [1.29, 1.82) is 0 Å². The molecule has 5 heteroatoms. The molecule has 1 aromatic heterocycles. The highest BCUT2D eigenvalue weighted by Gasteiger charge is 2.09. The summed E-state index contributed by atoms with van der Waals surface area (Å²) in [6.45, 7) is 2.39. The van der Waals surface area contributed by atoms with Crippen molar-refractivity contribution in [2.24, 2.45) is 0 Å². The lowest BCUT2D eigenvalue weighted by Gasteiger charge is -2.07. The first-order valence-electron chi connectivity index (χ1n) is 5.18. The van der Waals surface area contributed by atoms with Gasteiger partial charge in [-0.05, 0) is 24.6 Å². The Morgan fingerprint density at radius 1 is 1.53 bits per heavy atom. The van der Waals surface area contributed by atoms with Crippen LogP contribution in [0.15, 0.2) is 29.9 Å². The van der Waals surface area contributed by atoms with Crippen molar-refractivity contribution in [3.8, 4) is 0 Å². The Morgan fingerprint density at radius 2 is 2.35 bits per heavy atom. The lowest BCUT2D eigenvalue weighted by atomic mass is 10.1. The van der Waals surface area contributed by atoms with Crippen molar-refractivity contribution >= 4 is 22.9 Å². The molecule has 1 amide bonds. The lowest BCUT2D eigenvalue weighted by molar-refractivity contribution is 0.0950. The van der Waals surface area contributed by atoms with E-state index in [0.717, 1.165) is 10.4 Å². The summed E-state index contributed by atoms with van der Waals surface area (Å²) in [5, 5.41) is 2.85. The largest absolute Gasteiger partial charge is 0.399 e. The maximum atomic E-state index is 11.9. The van der Waals surface area contributed by atoms with Crippen LogP contribution in [0.5, 0.6) is 0 Å². The van der Waals surface area contributed by atoms with Gasteiger partial charge in [0.15, 0.2) is 0 Å². The molecular weight excluding hydrogens is 234 g/mol. The Morgan fingerprint density at radius 3 is 3.06 bits per heavy atom. The number of carbonyl (C=O) groups excluding carboxylic acids is 1. The number of rotatable bonds is 3. The van der Waals surface area contributed by atoms with Crippen molar-refractivity contribution in [1.82, 2.24) is 10.3 Å². The van der Waals surface area contributed by atoms with Gasteiger partial charge in [-0.25, -0.2) is 0 Å². The Labute approximate surface area is 103 Å². The van der Waals surface area contributed by atoms with E-state index in [4.69, 9.17) is 5.73 Å². The molecule has 0 atom stereocenters. The quantitative estimate of drug-likeness (QED) is 0.815. The first-order valence-corrected chi connectivity index (χ1v) is 6.06. The Balaban J connectivity index is 2.07. The Hall–Kier alpha value is -1.88. The fourth-order valence-corrected chi connectivity index (χ4v) is 2.01. The van der Waals surface area contributed by atoms with Crippen LogP contribution >= 0.6 is 11.3 Å². The Bertz CT molecular complexity index is 523. The van der Waals surface area contributed by atoms with Gasteiger partial charge in [0, 0.05) is 22.3 Å². The van der Waals surface area contributed by atoms with Crippen LogP contribution in [-0.4, -0.2) is 10.9 Å². The summed E-state index contributed by atoms with van der Waals surface area (Å²) >= 11 is 1.52. The van der Waals surface area contributed by atoms with Crippen LogP contribution in [0.4, 0.5) is 5.69 Å². The smallest absolute Gasteiger partial charge is 0.251 e. The predicted molar refractivity (Wildman–Crippen MR) is 68.9 cm³/mol. The molecule has 0 bridgehead atoms. The number of nitrogens with one attached hydrogen (secondary N) is 1. The third-order valence-corrected chi connectivity index (χ3v) is 3.19. The molecule has 88 valence electrons. The van der Waals surface area contributed by atoms with Crippen molar-refractivity contribution in [3.05, 3.63) is 45.9 Å². The molecule has 0 spiro atoms. The highest BCUT2D eigenvalue weighted by Crippen LogP contribution is 2.13. The van der Waals surface area contributed by atoms with Crippen molar-refractivity contribution in [2.75, 3.05) is 5.73 Å². The maximum absolute atomic E-state index is 11.9. The molecular formula is C12H13N3OS. The standard InChI is InChI=1S/C12H13N3OS/c1-8-2-3-9(13)4-11(8)12(16)15-6-10-5-14-7-17-10/h2-5,7H,6,13H2,1H3,(H,15,16). The molecule has 1 aromatic carbocycles. The minimum Gasteiger partial charge on any atom is -0.399 e. The number of aromatic nitrogens is 1. The minimum atomic E-state index is -0.108. The van der Waals surface area contributed by atoms with Crippen molar-refractivity contribution in [3.63, 3.8) is 0 Å². The predicted octanol–water partition coefficient (Wildman–Crippen LogP) is 1.96. The second-order valence-electron chi connectivity index (χ2n) is 3.72. The van der Waals surface area contributed by atoms with Crippen LogP contribution in [0.25, 0.3) is 0 Å². The van der Waals surface area contributed by atoms with E-state index in [-0.39, 0.29) is 5.91 Å². The van der Waals surface area contributed by atoms with Crippen molar-refractivity contribution < 1.29 is 4.79 Å². The first-order chi connectivity index (χ1) is 8.16. The molecule has 1 heterocycles. The SMILES string of the molecule is Cc1ccc(N)cc1C(=O)NCc1cncs1. The second kappa shape index (κ2) is 4.97. The fourth-order valence-electron chi connectivity index (χ4n) is 1.48. The van der Waals surface area contributed by atoms with Gasteiger partial charge < -0.3 is 11.1 Å². The summed E-state index contributed by atoms with van der Waals surface area (Å²) in [6, 6.07) is 5.32. The number of aryl methyl sites for hydroxylation is 1. The van der Waals surface area contributed by atoms with Gasteiger partial charge in [-0.1, -0.05) is 6.07 Å². The van der Waals surface area contributed by atoms with Gasteiger partial charge in [0.05, 0.1) is 12.1 Å². The molecule has 0 saturated carbocycles. The minimum absolute atomic E-state index is 0.108. The van der Waals surface area contributed by atoms with Crippen LogP contribution in [-0.2, 0) is 6.54 Å². The lowest BCUT2D eigenvalue weighted by Crippen LogP contribution is -2.23. The molecule has 0 aliphatic heterocycles. The fraction of sp³-hybridized carbons (Fsp3) is 0.167. The zero-order valence-corrected chi connectivity index (χ0v) is 10.3. The normalized spacial score (nSPS) is 10.2. The van der Waals surface area contributed by atoms with Gasteiger partial charge in [-0.15, -0.1) is 11.3 Å². The van der Waals surface area contributed by atoms with Gasteiger partial charge in [0.2, 0.25) is 0 Å². The number of nitrogens with zero attached hydrogens (tertiary/aromatic N) is 1. The zero-order valence-electron chi connectivity index (χ0n) is 9.43. The van der Waals surface area contributed by atoms with E-state index < -0.39 is 0 Å². The molecule has 0 fully saturated rings. The highest BCUT2D eigenvalue weighted by molar-refractivity contribution is 7.09. The number of hydrogen-bond donors (Lipinski definition) is 2. The number of nitrogen functional groups attached to an aromatic ring is 1. The summed E-state index contributed by atoms with van der Waals surface area (Å²) in [6.07, 6.45) is 1.75. The number of nitrogens with two attached hydrogens (primary N) is 1. The topological polar surface area (TPSA) is 68.0 Å². The van der Waals surface area contributed by atoms with Crippen LogP contribution in [0.3, 0.4) is 0 Å². The molecule has 0 saturated heterocycles. The van der Waals surface area contributed by atoms with E-state index in [9.17, 15) is 4.79 Å². The van der Waals surface area contributed by atoms with Crippen LogP contribution < -0.4 is 11.1 Å². The van der Waals surface area contributed by atoms with Crippen LogP contribution in [0.1, 0.15) is 20.8 Å². The molecule has 3 N–H and O–H groups in total.